The van der Waals surface area contributed by atoms with Crippen molar-refractivity contribution in [2.24, 2.45) is 5.92 Å². The average molecular weight is 314 g/mol. The number of nitriles is 1. The number of hydrogen-bond acceptors (Lipinski definition) is 2. The van der Waals surface area contributed by atoms with Crippen LogP contribution in [0.3, 0.4) is 0 Å². The molecule has 0 aromatic heterocycles. The Hall–Kier alpha value is -1.37. The van der Waals surface area contributed by atoms with Gasteiger partial charge >= 0.3 is 0 Å². The normalized spacial score (nSPS) is 26.5. The fourth-order valence-corrected chi connectivity index (χ4v) is 6.25. The highest BCUT2D eigenvalue weighted by Gasteiger charge is 2.30. The smallest absolute Gasteiger partial charge is 0.144 e. The molecule has 1 heterocycles. The predicted molar refractivity (Wildman–Crippen MR) is 94.1 cm³/mol. The van der Waals surface area contributed by atoms with E-state index in [-0.39, 0.29) is 12.2 Å². The third-order valence-electron chi connectivity index (χ3n) is 4.43. The number of benzene rings is 1. The van der Waals surface area contributed by atoms with Gasteiger partial charge in [0.15, 0.2) is 0 Å². The lowest BCUT2D eigenvalue weighted by atomic mass is 9.90. The van der Waals surface area contributed by atoms with Crippen LogP contribution in [0.25, 0.3) is 0 Å². The first-order valence-electron chi connectivity index (χ1n) is 8.19. The number of ether oxygens (including phenoxy) is 1. The van der Waals surface area contributed by atoms with Crippen LogP contribution < -0.4 is 0 Å². The second-order valence-corrected chi connectivity index (χ2v) is 11.9. The van der Waals surface area contributed by atoms with E-state index in [0.29, 0.717) is 5.92 Å². The van der Waals surface area contributed by atoms with Crippen molar-refractivity contribution in [1.82, 2.24) is 0 Å². The summed E-state index contributed by atoms with van der Waals surface area (Å²) in [4.78, 5) is 0. The van der Waals surface area contributed by atoms with Gasteiger partial charge < -0.3 is 4.74 Å². The first-order valence-corrected chi connectivity index (χ1v) is 11.5. The molecule has 1 aliphatic rings. The van der Waals surface area contributed by atoms with Crippen molar-refractivity contribution in [2.45, 2.75) is 58.0 Å². The molecule has 0 N–H and O–H groups in total. The number of hydrogen-bond donors (Lipinski definition) is 0. The second-order valence-electron chi connectivity index (χ2n) is 7.27. The van der Waals surface area contributed by atoms with Gasteiger partial charge in [0.05, 0.1) is 20.2 Å². The lowest BCUT2D eigenvalue weighted by Gasteiger charge is -2.34. The van der Waals surface area contributed by atoms with Gasteiger partial charge in [-0.05, 0) is 31.7 Å². The number of rotatable bonds is 4. The maximum atomic E-state index is 9.12. The van der Waals surface area contributed by atoms with Crippen molar-refractivity contribution >= 4 is 8.07 Å². The van der Waals surface area contributed by atoms with Crippen molar-refractivity contribution in [2.75, 3.05) is 0 Å². The van der Waals surface area contributed by atoms with E-state index in [1.165, 1.54) is 11.1 Å². The van der Waals surface area contributed by atoms with E-state index in [4.69, 9.17) is 10.00 Å². The van der Waals surface area contributed by atoms with E-state index in [9.17, 15) is 0 Å². The summed E-state index contributed by atoms with van der Waals surface area (Å²) >= 11 is 0. The van der Waals surface area contributed by atoms with Gasteiger partial charge in [-0.1, -0.05) is 67.2 Å². The SMILES string of the molecule is C/C(=C\[Si](C)(C)Cc1ccccc1)[C@H]1O[C@@H](C#N)CC[C@@H]1C. The molecular formula is C19H27NOSi. The van der Waals surface area contributed by atoms with Crippen molar-refractivity contribution in [3.8, 4) is 6.07 Å². The molecule has 3 heteroatoms. The highest BCUT2D eigenvalue weighted by atomic mass is 28.3. The van der Waals surface area contributed by atoms with Crippen LogP contribution >= 0.6 is 0 Å². The first-order chi connectivity index (χ1) is 10.4. The van der Waals surface area contributed by atoms with Gasteiger partial charge in [-0.15, -0.1) is 0 Å². The molecule has 0 amide bonds. The number of nitrogens with zero attached hydrogens (tertiary/aromatic N) is 1. The van der Waals surface area contributed by atoms with E-state index in [2.05, 4.69) is 69.0 Å². The van der Waals surface area contributed by atoms with E-state index in [1.807, 2.05) is 0 Å². The highest BCUT2D eigenvalue weighted by Crippen LogP contribution is 2.30. The fourth-order valence-electron chi connectivity index (χ4n) is 3.47. The Kier molecular flexibility index (Phi) is 5.61. The Balaban J connectivity index is 2.10. The third-order valence-corrected chi connectivity index (χ3v) is 6.98. The summed E-state index contributed by atoms with van der Waals surface area (Å²) in [5.74, 6) is 0.502. The van der Waals surface area contributed by atoms with Gasteiger partial charge in [0.2, 0.25) is 0 Å². The minimum atomic E-state index is -1.48. The lowest BCUT2D eigenvalue weighted by molar-refractivity contribution is -0.0322. The van der Waals surface area contributed by atoms with Crippen LogP contribution in [0.4, 0.5) is 0 Å². The molecular weight excluding hydrogens is 286 g/mol. The van der Waals surface area contributed by atoms with Crippen LogP contribution in [-0.4, -0.2) is 20.3 Å². The van der Waals surface area contributed by atoms with Crippen LogP contribution in [0.5, 0.6) is 0 Å². The Bertz CT molecular complexity index is 559. The van der Waals surface area contributed by atoms with Gasteiger partial charge in [0, 0.05) is 0 Å². The molecule has 1 aromatic rings. The molecule has 0 unspecified atom stereocenters. The Morgan fingerprint density at radius 2 is 2.00 bits per heavy atom. The lowest BCUT2D eigenvalue weighted by Crippen LogP contribution is -2.36. The standard InChI is InChI=1S/C19H27NOSi/c1-15-10-11-18(12-20)21-19(15)16(2)13-22(3,4)14-17-8-6-5-7-9-17/h5-9,13,15,18-19H,10-11,14H2,1-4H3/b16-13+/t15-,18+,19-/m0/s1. The topological polar surface area (TPSA) is 33.0 Å². The third kappa shape index (κ3) is 4.56. The van der Waals surface area contributed by atoms with Gasteiger partial charge in [-0.2, -0.15) is 5.26 Å². The maximum absolute atomic E-state index is 9.12. The molecule has 0 radical (unpaired) electrons. The van der Waals surface area contributed by atoms with Crippen LogP contribution in [-0.2, 0) is 10.8 Å². The van der Waals surface area contributed by atoms with Gasteiger partial charge in [-0.25, -0.2) is 0 Å². The van der Waals surface area contributed by atoms with E-state index in [1.54, 1.807) is 0 Å². The Labute approximate surface area is 135 Å². The quantitative estimate of drug-likeness (QED) is 0.757. The van der Waals surface area contributed by atoms with E-state index in [0.717, 1.165) is 18.9 Å². The molecule has 0 aliphatic carbocycles. The van der Waals surface area contributed by atoms with Crippen molar-refractivity contribution in [3.63, 3.8) is 0 Å². The molecule has 2 rings (SSSR count). The summed E-state index contributed by atoms with van der Waals surface area (Å²) in [6, 6.07) is 14.1. The molecule has 118 valence electrons. The zero-order valence-electron chi connectivity index (χ0n) is 14.2. The molecule has 1 fully saturated rings. The van der Waals surface area contributed by atoms with Gasteiger partial charge in [0.25, 0.3) is 0 Å². The predicted octanol–water partition coefficient (Wildman–Crippen LogP) is 4.67. The minimum absolute atomic E-state index is 0.112. The zero-order chi connectivity index (χ0) is 16.2. The summed E-state index contributed by atoms with van der Waals surface area (Å²) in [5, 5.41) is 9.12. The minimum Gasteiger partial charge on any atom is -0.355 e. The largest absolute Gasteiger partial charge is 0.355 e. The Morgan fingerprint density at radius 3 is 2.64 bits per heavy atom. The zero-order valence-corrected chi connectivity index (χ0v) is 15.2. The summed E-state index contributed by atoms with van der Waals surface area (Å²) < 4.78 is 6.00. The molecule has 2 nitrogen and oxygen atoms in total. The van der Waals surface area contributed by atoms with Crippen LogP contribution in [0.1, 0.15) is 32.3 Å². The monoisotopic (exact) mass is 313 g/mol. The molecule has 0 spiro atoms. The molecule has 3 atom stereocenters. The second kappa shape index (κ2) is 7.26. The molecule has 1 aromatic carbocycles. The molecule has 22 heavy (non-hydrogen) atoms. The first kappa shape index (κ1) is 17.0. The van der Waals surface area contributed by atoms with E-state index < -0.39 is 8.07 Å². The van der Waals surface area contributed by atoms with Crippen LogP contribution in [0, 0.1) is 17.2 Å². The van der Waals surface area contributed by atoms with Crippen LogP contribution in [0.2, 0.25) is 13.1 Å². The van der Waals surface area contributed by atoms with Crippen LogP contribution in [0.15, 0.2) is 41.6 Å². The van der Waals surface area contributed by atoms with Gasteiger partial charge in [-0.3, -0.25) is 0 Å². The van der Waals surface area contributed by atoms with Crippen molar-refractivity contribution in [1.29, 1.82) is 5.26 Å². The summed E-state index contributed by atoms with van der Waals surface area (Å²) in [6.45, 7) is 9.22. The van der Waals surface area contributed by atoms with E-state index >= 15 is 0 Å². The molecule has 1 aliphatic heterocycles. The fraction of sp³-hybridized carbons (Fsp3) is 0.526. The van der Waals surface area contributed by atoms with Crippen molar-refractivity contribution in [3.05, 3.63) is 47.2 Å². The summed E-state index contributed by atoms with van der Waals surface area (Å²) in [7, 11) is -1.48. The average Bonchev–Trinajstić information content (AvgIpc) is 2.47. The summed E-state index contributed by atoms with van der Waals surface area (Å²) in [5.41, 5.74) is 5.21. The van der Waals surface area contributed by atoms with Crippen molar-refractivity contribution < 1.29 is 4.74 Å². The molecule has 1 saturated heterocycles. The highest BCUT2D eigenvalue weighted by molar-refractivity contribution is 6.81. The van der Waals surface area contributed by atoms with Gasteiger partial charge in [0.1, 0.15) is 6.10 Å². The summed E-state index contributed by atoms with van der Waals surface area (Å²) in [6.07, 6.45) is 1.82. The Morgan fingerprint density at radius 1 is 1.32 bits per heavy atom. The maximum Gasteiger partial charge on any atom is 0.144 e. The molecule has 0 saturated carbocycles. The molecule has 0 bridgehead atoms.